The van der Waals surface area contributed by atoms with Crippen LogP contribution in [0.15, 0.2) is 206 Å². The zero-order valence-electron chi connectivity index (χ0n) is 30.9. The monoisotopic (exact) mass is 709 g/mol. The molecule has 0 amide bonds. The largest absolute Gasteiger partial charge is 0.398 e. The Morgan fingerprint density at radius 3 is 1.56 bits per heavy atom. The summed E-state index contributed by atoms with van der Waals surface area (Å²) < 4.78 is 0. The summed E-state index contributed by atoms with van der Waals surface area (Å²) in [4.78, 5) is 4.95. The van der Waals surface area contributed by atoms with E-state index in [2.05, 4.69) is 194 Å². The molecule has 0 saturated heterocycles. The molecule has 3 N–H and O–H groups in total. The molecular formula is C52H43N3. The van der Waals surface area contributed by atoms with Crippen LogP contribution in [0.25, 0.3) is 61.5 Å². The number of benzene rings is 7. The summed E-state index contributed by atoms with van der Waals surface area (Å²) in [7, 11) is 0. The molecule has 3 nitrogen and oxygen atoms in total. The summed E-state index contributed by atoms with van der Waals surface area (Å²) in [5.74, 6) is 0. The summed E-state index contributed by atoms with van der Waals surface area (Å²) in [5, 5.41) is 3.89. The SMILES string of the molecule is Cc1cnc(-c2ccccc2)c(-c2cc(CNC(/C=C(\N)c3ccc(-c4ccccc4)cc3)c3ccc(-c4ccccc4)cc3)cc(-c3ccccc3)c2)c1. The zero-order valence-corrected chi connectivity index (χ0v) is 30.9. The standard InChI is InChI=1S/C52H43N3/c1-37-30-49(52(55-35-37)46-20-12-5-13-21-46)48-32-38(31-47(33-48)41-18-10-4-11-19-41)36-54-51(45-28-24-43(25-29-45)40-16-8-3-9-17-40)34-50(53)44-26-22-42(23-27-44)39-14-6-2-7-15-39/h2-35,51,54H,36,53H2,1H3/b50-34-. The molecule has 266 valence electrons. The van der Waals surface area contributed by atoms with E-state index in [1.807, 2.05) is 24.4 Å². The van der Waals surface area contributed by atoms with Gasteiger partial charge in [-0.3, -0.25) is 4.98 Å². The maximum Gasteiger partial charge on any atom is 0.0780 e. The highest BCUT2D eigenvalue weighted by Gasteiger charge is 2.15. The van der Waals surface area contributed by atoms with Gasteiger partial charge in [0.15, 0.2) is 0 Å². The highest BCUT2D eigenvalue weighted by Crippen LogP contribution is 2.35. The van der Waals surface area contributed by atoms with Gasteiger partial charge in [-0.1, -0.05) is 170 Å². The zero-order chi connectivity index (χ0) is 37.4. The van der Waals surface area contributed by atoms with Gasteiger partial charge in [-0.05, 0) is 98.5 Å². The summed E-state index contributed by atoms with van der Waals surface area (Å²) >= 11 is 0. The first-order valence-electron chi connectivity index (χ1n) is 18.8. The molecule has 7 aromatic carbocycles. The van der Waals surface area contributed by atoms with Gasteiger partial charge in [0.2, 0.25) is 0 Å². The Hall–Kier alpha value is -6.81. The van der Waals surface area contributed by atoms with Crippen LogP contribution in [-0.2, 0) is 6.54 Å². The number of nitrogens with two attached hydrogens (primary N) is 1. The summed E-state index contributed by atoms with van der Waals surface area (Å²) in [6.45, 7) is 2.73. The minimum Gasteiger partial charge on any atom is -0.398 e. The molecule has 1 atom stereocenters. The minimum absolute atomic E-state index is 0.150. The van der Waals surface area contributed by atoms with Crippen LogP contribution in [0.5, 0.6) is 0 Å². The third-order valence-electron chi connectivity index (χ3n) is 10.1. The van der Waals surface area contributed by atoms with E-state index >= 15 is 0 Å². The number of nitrogens with zero attached hydrogens (tertiary/aromatic N) is 1. The molecular weight excluding hydrogens is 667 g/mol. The van der Waals surface area contributed by atoms with Crippen molar-refractivity contribution in [2.45, 2.75) is 19.5 Å². The van der Waals surface area contributed by atoms with E-state index in [1.54, 1.807) is 0 Å². The van der Waals surface area contributed by atoms with Gasteiger partial charge < -0.3 is 11.1 Å². The molecule has 1 aromatic heterocycles. The van der Waals surface area contributed by atoms with Crippen molar-refractivity contribution in [3.8, 4) is 55.8 Å². The highest BCUT2D eigenvalue weighted by atomic mass is 14.9. The number of aryl methyl sites for hydroxylation is 1. The van der Waals surface area contributed by atoms with Gasteiger partial charge >= 0.3 is 0 Å². The molecule has 55 heavy (non-hydrogen) atoms. The number of rotatable bonds is 11. The van der Waals surface area contributed by atoms with Crippen LogP contribution < -0.4 is 11.1 Å². The molecule has 0 fully saturated rings. The average molecular weight is 710 g/mol. The van der Waals surface area contributed by atoms with Crippen molar-refractivity contribution in [1.29, 1.82) is 0 Å². The number of aromatic nitrogens is 1. The van der Waals surface area contributed by atoms with Crippen molar-refractivity contribution < 1.29 is 0 Å². The fourth-order valence-electron chi connectivity index (χ4n) is 7.14. The first-order chi connectivity index (χ1) is 27.1. The lowest BCUT2D eigenvalue weighted by Gasteiger charge is -2.19. The normalized spacial score (nSPS) is 12.0. The van der Waals surface area contributed by atoms with Crippen LogP contribution in [0.1, 0.15) is 28.3 Å². The van der Waals surface area contributed by atoms with E-state index in [4.69, 9.17) is 10.7 Å². The first-order valence-corrected chi connectivity index (χ1v) is 18.8. The van der Waals surface area contributed by atoms with E-state index in [0.717, 1.165) is 55.9 Å². The Morgan fingerprint density at radius 2 is 1.00 bits per heavy atom. The van der Waals surface area contributed by atoms with Crippen molar-refractivity contribution >= 4 is 5.70 Å². The van der Waals surface area contributed by atoms with Crippen LogP contribution in [0.2, 0.25) is 0 Å². The van der Waals surface area contributed by atoms with Crippen molar-refractivity contribution in [3.05, 3.63) is 229 Å². The third-order valence-corrected chi connectivity index (χ3v) is 10.1. The molecule has 8 rings (SSSR count). The van der Waals surface area contributed by atoms with Gasteiger partial charge in [0.05, 0.1) is 11.7 Å². The molecule has 0 saturated carbocycles. The van der Waals surface area contributed by atoms with Crippen LogP contribution in [0.4, 0.5) is 0 Å². The van der Waals surface area contributed by atoms with E-state index in [-0.39, 0.29) is 6.04 Å². The van der Waals surface area contributed by atoms with Gasteiger partial charge in [0.25, 0.3) is 0 Å². The van der Waals surface area contributed by atoms with E-state index in [0.29, 0.717) is 6.54 Å². The van der Waals surface area contributed by atoms with Crippen molar-refractivity contribution in [2.24, 2.45) is 5.73 Å². The predicted molar refractivity (Wildman–Crippen MR) is 231 cm³/mol. The Morgan fingerprint density at radius 1 is 0.527 bits per heavy atom. The molecule has 8 aromatic rings. The quantitative estimate of drug-likeness (QED) is 0.141. The lowest BCUT2D eigenvalue weighted by atomic mass is 9.92. The predicted octanol–water partition coefficient (Wildman–Crippen LogP) is 12.6. The Balaban J connectivity index is 1.16. The van der Waals surface area contributed by atoms with Gasteiger partial charge in [0, 0.05) is 29.6 Å². The lowest BCUT2D eigenvalue weighted by Crippen LogP contribution is -2.20. The maximum absolute atomic E-state index is 6.91. The van der Waals surface area contributed by atoms with E-state index < -0.39 is 0 Å². The highest BCUT2D eigenvalue weighted by molar-refractivity contribution is 5.84. The first kappa shape index (κ1) is 35.2. The Kier molecular flexibility index (Phi) is 10.5. The van der Waals surface area contributed by atoms with Gasteiger partial charge in [0.1, 0.15) is 0 Å². The van der Waals surface area contributed by atoms with Gasteiger partial charge in [-0.15, -0.1) is 0 Å². The molecule has 3 heteroatoms. The molecule has 0 aliphatic rings. The molecule has 1 heterocycles. The molecule has 0 bridgehead atoms. The number of nitrogens with one attached hydrogen (secondary N) is 1. The fourth-order valence-corrected chi connectivity index (χ4v) is 7.14. The summed E-state index contributed by atoms with van der Waals surface area (Å²) in [6.07, 6.45) is 4.10. The third kappa shape index (κ3) is 8.39. The number of pyridine rings is 1. The second-order valence-corrected chi connectivity index (χ2v) is 14.0. The van der Waals surface area contributed by atoms with Gasteiger partial charge in [-0.25, -0.2) is 0 Å². The topological polar surface area (TPSA) is 50.9 Å². The lowest BCUT2D eigenvalue weighted by molar-refractivity contribution is 0.621. The van der Waals surface area contributed by atoms with Gasteiger partial charge in [-0.2, -0.15) is 0 Å². The van der Waals surface area contributed by atoms with Crippen molar-refractivity contribution in [2.75, 3.05) is 0 Å². The van der Waals surface area contributed by atoms with Crippen LogP contribution in [0.3, 0.4) is 0 Å². The van der Waals surface area contributed by atoms with Crippen molar-refractivity contribution in [1.82, 2.24) is 10.3 Å². The minimum atomic E-state index is -0.150. The van der Waals surface area contributed by atoms with E-state index in [1.165, 1.54) is 27.8 Å². The molecule has 0 aliphatic heterocycles. The average Bonchev–Trinajstić information content (AvgIpc) is 3.26. The van der Waals surface area contributed by atoms with Crippen LogP contribution >= 0.6 is 0 Å². The van der Waals surface area contributed by atoms with Crippen molar-refractivity contribution in [3.63, 3.8) is 0 Å². The fraction of sp³-hybridized carbons (Fsp3) is 0.0577. The molecule has 0 radical (unpaired) electrons. The summed E-state index contributed by atoms with van der Waals surface area (Å²) in [6, 6.07) is 68.3. The van der Waals surface area contributed by atoms with Crippen LogP contribution in [0, 0.1) is 6.92 Å². The van der Waals surface area contributed by atoms with E-state index in [9.17, 15) is 0 Å². The molecule has 1 unspecified atom stereocenters. The second-order valence-electron chi connectivity index (χ2n) is 14.0. The smallest absolute Gasteiger partial charge is 0.0780 e. The van der Waals surface area contributed by atoms with Crippen LogP contribution in [-0.4, -0.2) is 4.98 Å². The summed E-state index contributed by atoms with van der Waals surface area (Å²) in [5.41, 5.74) is 23.4. The second kappa shape index (κ2) is 16.5. The number of hydrogen-bond acceptors (Lipinski definition) is 3. The maximum atomic E-state index is 6.91. The molecule has 0 spiro atoms. The molecule has 0 aliphatic carbocycles. The number of hydrogen-bond donors (Lipinski definition) is 2. The Bertz CT molecular complexity index is 2510. The Labute approximate surface area is 324 Å².